The van der Waals surface area contributed by atoms with E-state index in [4.69, 9.17) is 4.74 Å². The van der Waals surface area contributed by atoms with Gasteiger partial charge in [0.05, 0.1) is 24.9 Å². The van der Waals surface area contributed by atoms with Crippen LogP contribution in [0.4, 0.5) is 5.82 Å². The van der Waals surface area contributed by atoms with Crippen LogP contribution in [0.3, 0.4) is 0 Å². The second kappa shape index (κ2) is 4.85. The highest BCUT2D eigenvalue weighted by Crippen LogP contribution is 2.23. The molecule has 18 heavy (non-hydrogen) atoms. The molecule has 0 amide bonds. The van der Waals surface area contributed by atoms with Crippen molar-refractivity contribution < 1.29 is 4.74 Å². The summed E-state index contributed by atoms with van der Waals surface area (Å²) in [4.78, 5) is 6.83. The quantitative estimate of drug-likeness (QED) is 0.791. The van der Waals surface area contributed by atoms with Gasteiger partial charge < -0.3 is 9.64 Å². The third-order valence-corrected chi connectivity index (χ3v) is 3.92. The summed E-state index contributed by atoms with van der Waals surface area (Å²) in [5.74, 6) is 0.992. The molecule has 2 aromatic heterocycles. The number of morpholine rings is 1. The maximum absolute atomic E-state index is 5.52. The lowest BCUT2D eigenvalue weighted by Gasteiger charge is -2.35. The van der Waals surface area contributed by atoms with Crippen LogP contribution < -0.4 is 4.90 Å². The Bertz CT molecular complexity index is 556. The van der Waals surface area contributed by atoms with Crippen LogP contribution in [0.2, 0.25) is 0 Å². The van der Waals surface area contributed by atoms with Gasteiger partial charge in [-0.1, -0.05) is 15.9 Å². The number of nitrogens with zero attached hydrogens (tertiary/aromatic N) is 4. The number of hydrogen-bond acceptors (Lipinski definition) is 4. The molecule has 2 aromatic rings. The topological polar surface area (TPSA) is 42.7 Å². The van der Waals surface area contributed by atoms with Crippen LogP contribution in [-0.4, -0.2) is 45.7 Å². The Morgan fingerprint density at radius 1 is 1.56 bits per heavy atom. The first-order valence-corrected chi connectivity index (χ1v) is 7.13. The largest absolute Gasteiger partial charge is 0.377 e. The van der Waals surface area contributed by atoms with Crippen LogP contribution >= 0.6 is 15.9 Å². The molecule has 1 fully saturated rings. The van der Waals surface area contributed by atoms with Gasteiger partial charge in [0.1, 0.15) is 5.52 Å². The van der Waals surface area contributed by atoms with E-state index in [1.54, 1.807) is 6.20 Å². The van der Waals surface area contributed by atoms with E-state index in [1.807, 2.05) is 17.6 Å². The maximum Gasteiger partial charge on any atom is 0.155 e. The Hall–Kier alpha value is -1.14. The number of anilines is 1. The van der Waals surface area contributed by atoms with Crippen molar-refractivity contribution in [2.75, 3.05) is 30.0 Å². The van der Waals surface area contributed by atoms with Crippen LogP contribution in [0.15, 0.2) is 18.5 Å². The van der Waals surface area contributed by atoms with Crippen molar-refractivity contribution in [3.8, 4) is 0 Å². The standard InChI is InChI=1S/C12H15BrN4O/c1-9-6-11-12(14-2-3-17(11)15-9)16-4-5-18-8-10(16)7-13/h2-3,6,10H,4-5,7-8H2,1H3. The van der Waals surface area contributed by atoms with Gasteiger partial charge in [-0.15, -0.1) is 0 Å². The Labute approximate surface area is 114 Å². The van der Waals surface area contributed by atoms with Gasteiger partial charge in [-0.2, -0.15) is 5.10 Å². The Morgan fingerprint density at radius 3 is 3.28 bits per heavy atom. The van der Waals surface area contributed by atoms with Crippen molar-refractivity contribution >= 4 is 27.3 Å². The first-order chi connectivity index (χ1) is 8.79. The van der Waals surface area contributed by atoms with Gasteiger partial charge in [-0.25, -0.2) is 9.50 Å². The van der Waals surface area contributed by atoms with Gasteiger partial charge in [0.25, 0.3) is 0 Å². The number of hydrogen-bond donors (Lipinski definition) is 0. The van der Waals surface area contributed by atoms with Gasteiger partial charge in [-0.05, 0) is 13.0 Å². The van der Waals surface area contributed by atoms with Gasteiger partial charge in [0.15, 0.2) is 5.82 Å². The molecule has 96 valence electrons. The molecule has 1 aliphatic rings. The van der Waals surface area contributed by atoms with E-state index in [-0.39, 0.29) is 0 Å². The van der Waals surface area contributed by atoms with E-state index in [0.29, 0.717) is 6.04 Å². The number of rotatable bonds is 2. The SMILES string of the molecule is Cc1cc2c(N3CCOCC3CBr)nccn2n1. The molecular formula is C12H15BrN4O. The van der Waals surface area contributed by atoms with E-state index in [1.165, 1.54) is 0 Å². The lowest BCUT2D eigenvalue weighted by atomic mass is 10.2. The van der Waals surface area contributed by atoms with Crippen molar-refractivity contribution in [3.05, 3.63) is 24.2 Å². The second-order valence-electron chi connectivity index (χ2n) is 4.44. The Kier molecular flexibility index (Phi) is 3.22. The Balaban J connectivity index is 2.06. The second-order valence-corrected chi connectivity index (χ2v) is 5.09. The van der Waals surface area contributed by atoms with Gasteiger partial charge in [-0.3, -0.25) is 0 Å². The number of alkyl halides is 1. The highest BCUT2D eigenvalue weighted by Gasteiger charge is 2.25. The summed E-state index contributed by atoms with van der Waals surface area (Å²) >= 11 is 3.55. The first kappa shape index (κ1) is 11.9. The smallest absolute Gasteiger partial charge is 0.155 e. The average Bonchev–Trinajstić information content (AvgIpc) is 2.78. The summed E-state index contributed by atoms with van der Waals surface area (Å²) in [6.07, 6.45) is 3.69. The van der Waals surface area contributed by atoms with Crippen molar-refractivity contribution in [1.29, 1.82) is 0 Å². The monoisotopic (exact) mass is 310 g/mol. The summed E-state index contributed by atoms with van der Waals surface area (Å²) in [5.41, 5.74) is 2.07. The number of ether oxygens (including phenoxy) is 1. The fourth-order valence-corrected chi connectivity index (χ4v) is 2.85. The zero-order valence-electron chi connectivity index (χ0n) is 10.2. The first-order valence-electron chi connectivity index (χ1n) is 6.01. The fourth-order valence-electron chi connectivity index (χ4n) is 2.31. The van der Waals surface area contributed by atoms with Crippen LogP contribution in [0.5, 0.6) is 0 Å². The van der Waals surface area contributed by atoms with Crippen LogP contribution in [0, 0.1) is 6.92 Å². The molecule has 1 atom stereocenters. The number of halogens is 1. The van der Waals surface area contributed by atoms with Crippen LogP contribution in [-0.2, 0) is 4.74 Å². The molecule has 6 heteroatoms. The molecule has 0 saturated carbocycles. The minimum atomic E-state index is 0.327. The highest BCUT2D eigenvalue weighted by atomic mass is 79.9. The molecule has 0 radical (unpaired) electrons. The molecule has 0 aromatic carbocycles. The Morgan fingerprint density at radius 2 is 2.44 bits per heavy atom. The van der Waals surface area contributed by atoms with Crippen molar-refractivity contribution in [2.24, 2.45) is 0 Å². The van der Waals surface area contributed by atoms with Crippen molar-refractivity contribution in [3.63, 3.8) is 0 Å². The van der Waals surface area contributed by atoms with Gasteiger partial charge in [0.2, 0.25) is 0 Å². The normalized spacial score (nSPS) is 20.6. The molecule has 0 N–H and O–H groups in total. The molecule has 3 rings (SSSR count). The number of aromatic nitrogens is 3. The summed E-state index contributed by atoms with van der Waals surface area (Å²) in [6, 6.07) is 2.40. The van der Waals surface area contributed by atoms with Crippen LogP contribution in [0.1, 0.15) is 5.69 Å². The molecule has 1 unspecified atom stereocenters. The summed E-state index contributed by atoms with van der Waals surface area (Å²) in [7, 11) is 0. The minimum absolute atomic E-state index is 0.327. The van der Waals surface area contributed by atoms with Gasteiger partial charge in [0, 0.05) is 24.3 Å². The average molecular weight is 311 g/mol. The third-order valence-electron chi connectivity index (χ3n) is 3.17. The molecule has 5 nitrogen and oxygen atoms in total. The lowest BCUT2D eigenvalue weighted by molar-refractivity contribution is 0.100. The third kappa shape index (κ3) is 1.99. The predicted molar refractivity (Wildman–Crippen MR) is 73.5 cm³/mol. The van der Waals surface area contributed by atoms with Crippen LogP contribution in [0.25, 0.3) is 5.52 Å². The van der Waals surface area contributed by atoms with E-state index < -0.39 is 0 Å². The summed E-state index contributed by atoms with van der Waals surface area (Å²) in [5, 5.41) is 5.30. The van der Waals surface area contributed by atoms with E-state index >= 15 is 0 Å². The number of aryl methyl sites for hydroxylation is 1. The summed E-state index contributed by atoms with van der Waals surface area (Å²) in [6.45, 7) is 4.35. The molecular weight excluding hydrogens is 296 g/mol. The fraction of sp³-hybridized carbons (Fsp3) is 0.500. The lowest BCUT2D eigenvalue weighted by Crippen LogP contribution is -2.47. The minimum Gasteiger partial charge on any atom is -0.377 e. The van der Waals surface area contributed by atoms with E-state index in [9.17, 15) is 0 Å². The zero-order chi connectivity index (χ0) is 12.5. The maximum atomic E-state index is 5.52. The molecule has 0 spiro atoms. The molecule has 0 aliphatic carbocycles. The highest BCUT2D eigenvalue weighted by molar-refractivity contribution is 9.09. The van der Waals surface area contributed by atoms with Crippen molar-refractivity contribution in [2.45, 2.75) is 13.0 Å². The zero-order valence-corrected chi connectivity index (χ0v) is 11.8. The summed E-state index contributed by atoms with van der Waals surface area (Å²) < 4.78 is 7.41. The van der Waals surface area contributed by atoms with E-state index in [0.717, 1.165) is 42.1 Å². The van der Waals surface area contributed by atoms with Gasteiger partial charge >= 0.3 is 0 Å². The predicted octanol–water partition coefficient (Wildman–Crippen LogP) is 1.64. The molecule has 1 saturated heterocycles. The molecule has 3 heterocycles. The molecule has 1 aliphatic heterocycles. The van der Waals surface area contributed by atoms with E-state index in [2.05, 4.69) is 37.0 Å². The van der Waals surface area contributed by atoms with Crippen molar-refractivity contribution in [1.82, 2.24) is 14.6 Å². The number of fused-ring (bicyclic) bond motifs is 1. The molecule has 0 bridgehead atoms.